The zero-order valence-corrected chi connectivity index (χ0v) is 20.5. The lowest BCUT2D eigenvalue weighted by atomic mass is 9.79. The van der Waals surface area contributed by atoms with Gasteiger partial charge in [-0.15, -0.1) is 0 Å². The summed E-state index contributed by atoms with van der Waals surface area (Å²) in [7, 11) is 1.58. The van der Waals surface area contributed by atoms with Crippen LogP contribution in [0.25, 0.3) is 11.1 Å². The van der Waals surface area contributed by atoms with E-state index in [2.05, 4.69) is 30.5 Å². The van der Waals surface area contributed by atoms with Gasteiger partial charge in [-0.05, 0) is 41.0 Å². The van der Waals surface area contributed by atoms with Gasteiger partial charge in [-0.25, -0.2) is 4.79 Å². The molecular weight excluding hydrogens is 430 g/mol. The molecule has 0 aromatic heterocycles. The summed E-state index contributed by atoms with van der Waals surface area (Å²) in [5, 5.41) is 16.2. The largest absolute Gasteiger partial charge is 0.507 e. The number of carbonyl (C=O) groups is 2. The van der Waals surface area contributed by atoms with E-state index in [1.165, 1.54) is 0 Å². The van der Waals surface area contributed by atoms with Crippen LogP contribution in [0.1, 0.15) is 50.7 Å². The van der Waals surface area contributed by atoms with Crippen molar-refractivity contribution in [3.8, 4) is 16.9 Å². The molecule has 0 saturated carbocycles. The van der Waals surface area contributed by atoms with Crippen molar-refractivity contribution < 1.29 is 19.4 Å². The first-order valence-corrected chi connectivity index (χ1v) is 12.0. The number of nitrogens with one attached hydrogen (secondary N) is 2. The van der Waals surface area contributed by atoms with Crippen LogP contribution in [0.5, 0.6) is 5.75 Å². The summed E-state index contributed by atoms with van der Waals surface area (Å²) < 4.78 is 5.31. The third kappa shape index (κ3) is 6.73. The van der Waals surface area contributed by atoms with Crippen LogP contribution >= 0.6 is 0 Å². The van der Waals surface area contributed by atoms with Crippen molar-refractivity contribution in [3.05, 3.63) is 53.6 Å². The highest BCUT2D eigenvalue weighted by Crippen LogP contribution is 2.37. The van der Waals surface area contributed by atoms with Crippen LogP contribution in [-0.4, -0.2) is 55.3 Å². The maximum atomic E-state index is 12.3. The predicted octanol–water partition coefficient (Wildman–Crippen LogP) is 4.19. The third-order valence-electron chi connectivity index (χ3n) is 6.56. The van der Waals surface area contributed by atoms with Gasteiger partial charge >= 0.3 is 6.03 Å². The van der Waals surface area contributed by atoms with Crippen molar-refractivity contribution in [2.45, 2.75) is 51.5 Å². The zero-order valence-electron chi connectivity index (χ0n) is 20.5. The van der Waals surface area contributed by atoms with E-state index in [-0.39, 0.29) is 23.1 Å². The number of nitrogens with zero attached hydrogens (tertiary/aromatic N) is 1. The summed E-state index contributed by atoms with van der Waals surface area (Å²) >= 11 is 0. The SMILES string of the molecule is CNC(=O)NCc1ccccc1-c1ccc(C(C)(C)CCCCC(=O)N2CCOCC2)cc1O. The Bertz CT molecular complexity index is 984. The Morgan fingerprint density at radius 3 is 2.50 bits per heavy atom. The molecule has 1 saturated heterocycles. The van der Waals surface area contributed by atoms with Gasteiger partial charge in [0, 0.05) is 38.7 Å². The molecule has 184 valence electrons. The van der Waals surface area contributed by atoms with Crippen LogP contribution < -0.4 is 10.6 Å². The van der Waals surface area contributed by atoms with E-state index in [1.54, 1.807) is 7.05 Å². The van der Waals surface area contributed by atoms with E-state index >= 15 is 0 Å². The van der Waals surface area contributed by atoms with Gasteiger partial charge in [0.25, 0.3) is 0 Å². The van der Waals surface area contributed by atoms with Crippen LogP contribution in [0.2, 0.25) is 0 Å². The van der Waals surface area contributed by atoms with Gasteiger partial charge in [0.2, 0.25) is 5.91 Å². The number of phenolic OH excluding ortho intramolecular Hbond substituents is 1. The third-order valence-corrected chi connectivity index (χ3v) is 6.56. The summed E-state index contributed by atoms with van der Waals surface area (Å²) in [6.45, 7) is 7.37. The average Bonchev–Trinajstić information content (AvgIpc) is 2.85. The van der Waals surface area contributed by atoms with Crippen molar-refractivity contribution in [2.75, 3.05) is 33.4 Å². The van der Waals surface area contributed by atoms with Crippen molar-refractivity contribution in [1.29, 1.82) is 0 Å². The lowest BCUT2D eigenvalue weighted by Gasteiger charge is -2.28. The maximum Gasteiger partial charge on any atom is 0.314 e. The smallest absolute Gasteiger partial charge is 0.314 e. The van der Waals surface area contributed by atoms with E-state index in [0.717, 1.165) is 41.5 Å². The second kappa shape index (κ2) is 11.9. The minimum absolute atomic E-state index is 0.127. The molecule has 1 heterocycles. The quantitative estimate of drug-likeness (QED) is 0.483. The van der Waals surface area contributed by atoms with Crippen LogP contribution in [0.15, 0.2) is 42.5 Å². The monoisotopic (exact) mass is 467 g/mol. The Hall–Kier alpha value is -3.06. The fraction of sp³-hybridized carbons (Fsp3) is 0.481. The predicted molar refractivity (Wildman–Crippen MR) is 134 cm³/mol. The molecule has 0 aliphatic carbocycles. The highest BCUT2D eigenvalue weighted by molar-refractivity contribution is 5.77. The van der Waals surface area contributed by atoms with Gasteiger partial charge in [0.15, 0.2) is 0 Å². The van der Waals surface area contributed by atoms with Crippen molar-refractivity contribution in [2.24, 2.45) is 0 Å². The molecule has 2 aromatic carbocycles. The van der Waals surface area contributed by atoms with Gasteiger partial charge in [-0.1, -0.05) is 56.7 Å². The minimum atomic E-state index is -0.247. The second-order valence-electron chi connectivity index (χ2n) is 9.41. The lowest BCUT2D eigenvalue weighted by molar-refractivity contribution is -0.135. The number of phenols is 1. The fourth-order valence-corrected chi connectivity index (χ4v) is 4.34. The second-order valence-corrected chi connectivity index (χ2v) is 9.41. The Balaban J connectivity index is 1.61. The molecule has 3 amide bonds. The molecule has 1 fully saturated rings. The summed E-state index contributed by atoms with van der Waals surface area (Å²) in [6, 6.07) is 13.4. The number of unbranched alkanes of at least 4 members (excludes halogenated alkanes) is 1. The molecule has 3 rings (SSSR count). The highest BCUT2D eigenvalue weighted by atomic mass is 16.5. The molecule has 0 atom stereocenters. The summed E-state index contributed by atoms with van der Waals surface area (Å²) in [5.41, 5.74) is 3.50. The van der Waals surface area contributed by atoms with Crippen LogP contribution in [-0.2, 0) is 21.5 Å². The molecule has 0 spiro atoms. The van der Waals surface area contributed by atoms with Crippen molar-refractivity contribution in [3.63, 3.8) is 0 Å². The molecule has 2 aromatic rings. The fourth-order valence-electron chi connectivity index (χ4n) is 4.34. The average molecular weight is 468 g/mol. The Morgan fingerprint density at radius 2 is 1.79 bits per heavy atom. The number of hydrogen-bond acceptors (Lipinski definition) is 4. The van der Waals surface area contributed by atoms with E-state index in [4.69, 9.17) is 4.74 Å². The Kier molecular flexibility index (Phi) is 8.93. The van der Waals surface area contributed by atoms with Gasteiger partial charge in [0.1, 0.15) is 5.75 Å². The highest BCUT2D eigenvalue weighted by Gasteiger charge is 2.23. The zero-order chi connectivity index (χ0) is 24.6. The lowest BCUT2D eigenvalue weighted by Crippen LogP contribution is -2.40. The topological polar surface area (TPSA) is 90.9 Å². The normalized spacial score (nSPS) is 14.0. The first kappa shape index (κ1) is 25.6. The van der Waals surface area contributed by atoms with Crippen LogP contribution in [0.3, 0.4) is 0 Å². The van der Waals surface area contributed by atoms with E-state index in [9.17, 15) is 14.7 Å². The number of morpholine rings is 1. The summed E-state index contributed by atoms with van der Waals surface area (Å²) in [5.74, 6) is 0.438. The molecule has 1 aliphatic rings. The number of ether oxygens (including phenoxy) is 1. The number of benzene rings is 2. The van der Waals surface area contributed by atoms with Crippen LogP contribution in [0, 0.1) is 0 Å². The first-order valence-electron chi connectivity index (χ1n) is 12.0. The first-order chi connectivity index (χ1) is 16.3. The number of carbonyl (C=O) groups excluding carboxylic acids is 2. The molecule has 0 bridgehead atoms. The van der Waals surface area contributed by atoms with E-state index in [0.29, 0.717) is 39.3 Å². The maximum absolute atomic E-state index is 12.3. The molecule has 7 nitrogen and oxygen atoms in total. The molecule has 7 heteroatoms. The minimum Gasteiger partial charge on any atom is -0.507 e. The molecule has 1 aliphatic heterocycles. The Labute approximate surface area is 202 Å². The number of rotatable bonds is 9. The van der Waals surface area contributed by atoms with Crippen LogP contribution in [0.4, 0.5) is 4.79 Å². The van der Waals surface area contributed by atoms with Crippen molar-refractivity contribution >= 4 is 11.9 Å². The standard InChI is InChI=1S/C27H37N3O4/c1-27(2,13-7-6-10-25(32)30-14-16-34-17-15-30)21-11-12-23(24(31)18-21)22-9-5-4-8-20(22)19-29-26(33)28-3/h4-5,8-9,11-12,18,31H,6-7,10,13-17,19H2,1-3H3,(H2,28,29,33). The number of urea groups is 1. The molecule has 0 unspecified atom stereocenters. The number of amides is 3. The molecule has 0 radical (unpaired) electrons. The van der Waals surface area contributed by atoms with E-state index < -0.39 is 0 Å². The molecule has 3 N–H and O–H groups in total. The van der Waals surface area contributed by atoms with Crippen molar-refractivity contribution in [1.82, 2.24) is 15.5 Å². The number of aromatic hydroxyl groups is 1. The number of hydrogen-bond donors (Lipinski definition) is 3. The van der Waals surface area contributed by atoms with Gasteiger partial charge in [0.05, 0.1) is 13.2 Å². The Morgan fingerprint density at radius 1 is 1.06 bits per heavy atom. The summed E-state index contributed by atoms with van der Waals surface area (Å²) in [6.07, 6.45) is 3.30. The summed E-state index contributed by atoms with van der Waals surface area (Å²) in [4.78, 5) is 25.8. The van der Waals surface area contributed by atoms with Gasteiger partial charge in [-0.2, -0.15) is 0 Å². The van der Waals surface area contributed by atoms with Gasteiger partial charge < -0.3 is 25.4 Å². The molecule has 34 heavy (non-hydrogen) atoms. The van der Waals surface area contributed by atoms with E-state index in [1.807, 2.05) is 41.3 Å². The molecular formula is C27H37N3O4. The van der Waals surface area contributed by atoms with Gasteiger partial charge in [-0.3, -0.25) is 4.79 Å².